The molecule has 20 heavy (non-hydrogen) atoms. The van der Waals surface area contributed by atoms with Gasteiger partial charge < -0.3 is 4.74 Å². The molecule has 1 rings (SSSR count). The van der Waals surface area contributed by atoms with Crippen LogP contribution in [-0.4, -0.2) is 17.6 Å². The highest BCUT2D eigenvalue weighted by molar-refractivity contribution is 9.10. The quantitative estimate of drug-likeness (QED) is 0.602. The minimum Gasteiger partial charge on any atom is -0.466 e. The van der Waals surface area contributed by atoms with Gasteiger partial charge in [-0.25, -0.2) is 8.78 Å². The Morgan fingerprint density at radius 1 is 1.45 bits per heavy atom. The highest BCUT2D eigenvalue weighted by atomic mass is 79.9. The predicted molar refractivity (Wildman–Crippen MR) is 62.2 cm³/mol. The molecule has 0 aromatic carbocycles. The van der Waals surface area contributed by atoms with E-state index in [9.17, 15) is 26.7 Å². The molecule has 1 aromatic rings. The van der Waals surface area contributed by atoms with Crippen LogP contribution in [0.4, 0.5) is 22.0 Å². The van der Waals surface area contributed by atoms with Gasteiger partial charge >= 0.3 is 12.1 Å². The van der Waals surface area contributed by atoms with E-state index in [4.69, 9.17) is 0 Å². The van der Waals surface area contributed by atoms with Gasteiger partial charge in [-0.1, -0.05) is 0 Å². The van der Waals surface area contributed by atoms with Gasteiger partial charge in [0.25, 0.3) is 6.43 Å². The zero-order chi connectivity index (χ0) is 15.5. The molecule has 0 saturated carbocycles. The number of ether oxygens (including phenoxy) is 1. The van der Waals surface area contributed by atoms with Crippen LogP contribution in [0.1, 0.15) is 30.2 Å². The highest BCUT2D eigenvalue weighted by Gasteiger charge is 2.39. The van der Waals surface area contributed by atoms with Crippen molar-refractivity contribution in [1.29, 1.82) is 0 Å². The fourth-order valence-electron chi connectivity index (χ4n) is 1.46. The summed E-state index contributed by atoms with van der Waals surface area (Å²) in [5.41, 5.74) is -2.93. The smallest absolute Gasteiger partial charge is 0.419 e. The monoisotopic (exact) mass is 361 g/mol. The van der Waals surface area contributed by atoms with Crippen LogP contribution in [0.15, 0.2) is 10.7 Å². The molecule has 3 nitrogen and oxygen atoms in total. The highest BCUT2D eigenvalue weighted by Crippen LogP contribution is 2.40. The average Bonchev–Trinajstić information content (AvgIpc) is 2.26. The van der Waals surface area contributed by atoms with Gasteiger partial charge in [-0.05, 0) is 22.9 Å². The Morgan fingerprint density at radius 3 is 2.50 bits per heavy atom. The van der Waals surface area contributed by atoms with E-state index in [1.807, 2.05) is 0 Å². The second-order valence-electron chi connectivity index (χ2n) is 3.63. The molecule has 1 heterocycles. The molecule has 0 N–H and O–H groups in total. The lowest BCUT2D eigenvalue weighted by Gasteiger charge is -2.16. The van der Waals surface area contributed by atoms with E-state index in [1.165, 1.54) is 6.92 Å². The lowest BCUT2D eigenvalue weighted by molar-refractivity contribution is -0.143. The summed E-state index contributed by atoms with van der Waals surface area (Å²) in [5, 5.41) is 0. The molecule has 112 valence electrons. The fourth-order valence-corrected chi connectivity index (χ4v) is 2.19. The van der Waals surface area contributed by atoms with Crippen LogP contribution in [0.3, 0.4) is 0 Å². The molecule has 9 heteroatoms. The van der Waals surface area contributed by atoms with E-state index in [0.29, 0.717) is 6.20 Å². The molecule has 0 aliphatic rings. The molecular formula is C11H9BrF5NO2. The molecule has 0 spiro atoms. The number of aromatic nitrogens is 1. The van der Waals surface area contributed by atoms with Gasteiger partial charge in [0.1, 0.15) is 0 Å². The van der Waals surface area contributed by atoms with Gasteiger partial charge in [-0.3, -0.25) is 9.78 Å². The maximum absolute atomic E-state index is 12.9. The molecule has 0 amide bonds. The Balaban J connectivity index is 3.31. The first-order valence-electron chi connectivity index (χ1n) is 5.36. The summed E-state index contributed by atoms with van der Waals surface area (Å²) in [6.07, 6.45) is -8.17. The van der Waals surface area contributed by atoms with Gasteiger partial charge in [0, 0.05) is 10.7 Å². The number of carbonyl (C=O) groups excluding carboxylic acids is 1. The van der Waals surface area contributed by atoms with Gasteiger partial charge in [0.2, 0.25) is 0 Å². The number of hydrogen-bond donors (Lipinski definition) is 0. The minimum atomic E-state index is -4.92. The van der Waals surface area contributed by atoms with Crippen molar-refractivity contribution in [2.45, 2.75) is 25.9 Å². The number of carbonyl (C=O) groups is 1. The summed E-state index contributed by atoms with van der Waals surface area (Å²) in [7, 11) is 0. The van der Waals surface area contributed by atoms with Crippen LogP contribution >= 0.6 is 15.9 Å². The molecule has 0 aliphatic carbocycles. The van der Waals surface area contributed by atoms with Crippen LogP contribution in [-0.2, 0) is 22.1 Å². The van der Waals surface area contributed by atoms with Crippen molar-refractivity contribution >= 4 is 21.9 Å². The SMILES string of the molecule is CCOC(=O)Cc1ncc(C(F)F)c(Br)c1C(F)(F)F. The summed E-state index contributed by atoms with van der Waals surface area (Å²) >= 11 is 2.51. The summed E-state index contributed by atoms with van der Waals surface area (Å²) in [6.45, 7) is 1.49. The first-order valence-corrected chi connectivity index (χ1v) is 6.16. The number of halogens is 6. The van der Waals surface area contributed by atoms with Crippen LogP contribution < -0.4 is 0 Å². The number of pyridine rings is 1. The summed E-state index contributed by atoms with van der Waals surface area (Å²) in [5.74, 6) is -0.915. The minimum absolute atomic E-state index is 0.00350. The van der Waals surface area contributed by atoms with Crippen molar-refractivity contribution < 1.29 is 31.5 Å². The maximum atomic E-state index is 12.9. The number of nitrogens with zero attached hydrogens (tertiary/aromatic N) is 1. The average molecular weight is 362 g/mol. The first-order chi connectivity index (χ1) is 9.18. The van der Waals surface area contributed by atoms with Crippen LogP contribution in [0.2, 0.25) is 0 Å². The molecule has 0 saturated heterocycles. The zero-order valence-electron chi connectivity index (χ0n) is 10.1. The third kappa shape index (κ3) is 3.87. The number of alkyl halides is 5. The van der Waals surface area contributed by atoms with Gasteiger partial charge in [0.15, 0.2) is 0 Å². The Hall–Kier alpha value is -1.25. The van der Waals surface area contributed by atoms with E-state index in [1.54, 1.807) is 0 Å². The van der Waals surface area contributed by atoms with Crippen LogP contribution in [0.5, 0.6) is 0 Å². The Bertz CT molecular complexity index is 504. The van der Waals surface area contributed by atoms with Gasteiger partial charge in [0.05, 0.1) is 29.8 Å². The van der Waals surface area contributed by atoms with Crippen LogP contribution in [0, 0.1) is 0 Å². The molecule has 1 aromatic heterocycles. The Kier molecular flexibility index (Phi) is 5.43. The second kappa shape index (κ2) is 6.47. The Morgan fingerprint density at radius 2 is 2.05 bits per heavy atom. The van der Waals surface area contributed by atoms with Crippen molar-refractivity contribution in [3.63, 3.8) is 0 Å². The van der Waals surface area contributed by atoms with E-state index >= 15 is 0 Å². The van der Waals surface area contributed by atoms with E-state index in [-0.39, 0.29) is 6.61 Å². The number of esters is 1. The second-order valence-corrected chi connectivity index (χ2v) is 4.42. The largest absolute Gasteiger partial charge is 0.466 e. The lowest BCUT2D eigenvalue weighted by Crippen LogP contribution is -2.17. The molecule has 0 unspecified atom stereocenters. The molecule has 0 fully saturated rings. The third-order valence-corrected chi connectivity index (χ3v) is 3.11. The molecule has 0 atom stereocenters. The molecule has 0 aliphatic heterocycles. The van der Waals surface area contributed by atoms with Gasteiger partial charge in [-0.2, -0.15) is 13.2 Å². The lowest BCUT2D eigenvalue weighted by atomic mass is 10.1. The van der Waals surface area contributed by atoms with Crippen molar-refractivity contribution in [1.82, 2.24) is 4.98 Å². The normalized spacial score (nSPS) is 11.8. The van der Waals surface area contributed by atoms with Crippen molar-refractivity contribution in [3.8, 4) is 0 Å². The van der Waals surface area contributed by atoms with Gasteiger partial charge in [-0.15, -0.1) is 0 Å². The zero-order valence-corrected chi connectivity index (χ0v) is 11.7. The fraction of sp³-hybridized carbons (Fsp3) is 0.455. The maximum Gasteiger partial charge on any atom is 0.419 e. The third-order valence-electron chi connectivity index (χ3n) is 2.26. The molecule has 0 bridgehead atoms. The van der Waals surface area contributed by atoms with Crippen molar-refractivity contribution in [2.75, 3.05) is 6.61 Å². The number of rotatable bonds is 4. The van der Waals surface area contributed by atoms with Crippen molar-refractivity contribution in [3.05, 3.63) is 27.5 Å². The van der Waals surface area contributed by atoms with E-state index < -0.39 is 46.3 Å². The molecule has 0 radical (unpaired) electrons. The first kappa shape index (κ1) is 16.8. The summed E-state index contributed by atoms with van der Waals surface area (Å²) < 4.78 is 67.6. The van der Waals surface area contributed by atoms with Crippen LogP contribution in [0.25, 0.3) is 0 Å². The van der Waals surface area contributed by atoms with Crippen molar-refractivity contribution in [2.24, 2.45) is 0 Å². The molecular weight excluding hydrogens is 353 g/mol. The Labute approximate surface area is 119 Å². The standard InChI is InChI=1S/C11H9BrF5NO2/c1-2-20-7(19)3-6-8(11(15,16)17)9(12)5(4-18-6)10(13)14/h4,10H,2-3H2,1H3. The topological polar surface area (TPSA) is 39.2 Å². The summed E-state index contributed by atoms with van der Waals surface area (Å²) in [4.78, 5) is 14.5. The number of hydrogen-bond acceptors (Lipinski definition) is 3. The summed E-state index contributed by atoms with van der Waals surface area (Å²) in [6, 6.07) is 0. The van der Waals surface area contributed by atoms with E-state index in [0.717, 1.165) is 0 Å². The predicted octanol–water partition coefficient (Wildman–Crippen LogP) is 3.91. The van der Waals surface area contributed by atoms with E-state index in [2.05, 4.69) is 25.7 Å².